The SMILES string of the molecule is COc1c(F)cc(NC(=O)NCCC(=O)O)c(OC)c1F. The summed E-state index contributed by atoms with van der Waals surface area (Å²) < 4.78 is 36.7. The van der Waals surface area contributed by atoms with Crippen molar-refractivity contribution in [1.29, 1.82) is 0 Å². The number of carboxylic acid groups (broad SMARTS) is 1. The number of urea groups is 1. The van der Waals surface area contributed by atoms with Crippen LogP contribution in [-0.4, -0.2) is 37.9 Å². The zero-order valence-electron chi connectivity index (χ0n) is 11.3. The number of rotatable bonds is 6. The predicted octanol–water partition coefficient (Wildman–Crippen LogP) is 1.58. The molecule has 0 aliphatic rings. The van der Waals surface area contributed by atoms with Crippen LogP contribution in [0.2, 0.25) is 0 Å². The molecule has 0 spiro atoms. The van der Waals surface area contributed by atoms with Crippen LogP contribution in [0.5, 0.6) is 11.5 Å². The van der Waals surface area contributed by atoms with Gasteiger partial charge in [-0.1, -0.05) is 0 Å². The van der Waals surface area contributed by atoms with Crippen LogP contribution in [0.1, 0.15) is 6.42 Å². The smallest absolute Gasteiger partial charge is 0.319 e. The number of halogens is 2. The van der Waals surface area contributed by atoms with Crippen LogP contribution in [0.3, 0.4) is 0 Å². The van der Waals surface area contributed by atoms with Crippen LogP contribution in [0.25, 0.3) is 0 Å². The number of carbonyl (C=O) groups is 2. The molecule has 0 fully saturated rings. The Hall–Kier alpha value is -2.58. The van der Waals surface area contributed by atoms with E-state index in [1.807, 2.05) is 0 Å². The number of carbonyl (C=O) groups excluding carboxylic acids is 1. The molecule has 3 N–H and O–H groups in total. The highest BCUT2D eigenvalue weighted by Crippen LogP contribution is 2.36. The number of hydrogen-bond acceptors (Lipinski definition) is 4. The lowest BCUT2D eigenvalue weighted by Gasteiger charge is -2.14. The van der Waals surface area contributed by atoms with Crippen LogP contribution in [-0.2, 0) is 4.79 Å². The fraction of sp³-hybridized carbons (Fsp3) is 0.333. The lowest BCUT2D eigenvalue weighted by molar-refractivity contribution is -0.136. The zero-order chi connectivity index (χ0) is 16.0. The molecule has 9 heteroatoms. The van der Waals surface area contributed by atoms with Crippen LogP contribution in [0.4, 0.5) is 19.3 Å². The fourth-order valence-corrected chi connectivity index (χ4v) is 1.51. The normalized spacial score (nSPS) is 9.90. The minimum Gasteiger partial charge on any atom is -0.491 e. The summed E-state index contributed by atoms with van der Waals surface area (Å²) >= 11 is 0. The molecule has 0 atom stereocenters. The van der Waals surface area contributed by atoms with Crippen molar-refractivity contribution in [3.05, 3.63) is 17.7 Å². The van der Waals surface area contributed by atoms with Crippen molar-refractivity contribution in [2.45, 2.75) is 6.42 Å². The van der Waals surface area contributed by atoms with Gasteiger partial charge in [-0.2, -0.15) is 4.39 Å². The molecule has 0 unspecified atom stereocenters. The Labute approximate surface area is 118 Å². The van der Waals surface area contributed by atoms with Gasteiger partial charge in [-0.3, -0.25) is 4.79 Å². The largest absolute Gasteiger partial charge is 0.491 e. The Kier molecular flexibility index (Phi) is 5.70. The van der Waals surface area contributed by atoms with E-state index in [1.165, 1.54) is 0 Å². The number of nitrogens with one attached hydrogen (secondary N) is 2. The van der Waals surface area contributed by atoms with E-state index in [9.17, 15) is 18.4 Å². The topological polar surface area (TPSA) is 96.9 Å². The first kappa shape index (κ1) is 16.5. The summed E-state index contributed by atoms with van der Waals surface area (Å²) in [5, 5.41) is 12.8. The molecule has 0 bridgehead atoms. The summed E-state index contributed by atoms with van der Waals surface area (Å²) in [6, 6.07) is 0.0101. The molecule has 0 aliphatic carbocycles. The summed E-state index contributed by atoms with van der Waals surface area (Å²) in [6.07, 6.45) is -0.282. The molecule has 116 valence electrons. The minimum atomic E-state index is -1.10. The van der Waals surface area contributed by atoms with Gasteiger partial charge < -0.3 is 25.2 Å². The van der Waals surface area contributed by atoms with Gasteiger partial charge >= 0.3 is 12.0 Å². The lowest BCUT2D eigenvalue weighted by atomic mass is 10.2. The summed E-state index contributed by atoms with van der Waals surface area (Å²) in [5.74, 6) is -4.24. The molecular weight excluding hydrogens is 290 g/mol. The predicted molar refractivity (Wildman–Crippen MR) is 68.7 cm³/mol. The number of carboxylic acids is 1. The highest BCUT2D eigenvalue weighted by Gasteiger charge is 2.21. The summed E-state index contributed by atoms with van der Waals surface area (Å²) in [6.45, 7) is -0.134. The van der Waals surface area contributed by atoms with E-state index < -0.39 is 35.1 Å². The van der Waals surface area contributed by atoms with Crippen molar-refractivity contribution in [2.24, 2.45) is 0 Å². The van der Waals surface area contributed by atoms with Crippen LogP contribution in [0, 0.1) is 11.6 Å². The Bertz CT molecular complexity index is 551. The first-order valence-corrected chi connectivity index (χ1v) is 5.77. The number of methoxy groups -OCH3 is 2. The monoisotopic (exact) mass is 304 g/mol. The maximum absolute atomic E-state index is 13.9. The third-order valence-electron chi connectivity index (χ3n) is 2.41. The second-order valence-electron chi connectivity index (χ2n) is 3.81. The number of benzene rings is 1. The highest BCUT2D eigenvalue weighted by molar-refractivity contribution is 5.91. The summed E-state index contributed by atoms with van der Waals surface area (Å²) in [4.78, 5) is 21.8. The van der Waals surface area contributed by atoms with E-state index in [4.69, 9.17) is 9.84 Å². The Balaban J connectivity index is 2.88. The van der Waals surface area contributed by atoms with Gasteiger partial charge in [0.15, 0.2) is 17.3 Å². The van der Waals surface area contributed by atoms with E-state index in [2.05, 4.69) is 15.4 Å². The molecule has 0 saturated carbocycles. The van der Waals surface area contributed by atoms with E-state index in [0.717, 1.165) is 20.3 Å². The number of aliphatic carboxylic acids is 1. The second kappa shape index (κ2) is 7.27. The molecule has 0 saturated heterocycles. The molecule has 0 radical (unpaired) electrons. The maximum atomic E-state index is 13.9. The third kappa shape index (κ3) is 4.20. The number of ether oxygens (including phenoxy) is 2. The van der Waals surface area contributed by atoms with Crippen LogP contribution in [0.15, 0.2) is 6.07 Å². The number of amides is 2. The third-order valence-corrected chi connectivity index (χ3v) is 2.41. The molecule has 7 nitrogen and oxygen atoms in total. The lowest BCUT2D eigenvalue weighted by Crippen LogP contribution is -2.30. The molecule has 0 aliphatic heterocycles. The molecular formula is C12H14F2N2O5. The zero-order valence-corrected chi connectivity index (χ0v) is 11.3. The van der Waals surface area contributed by atoms with Crippen LogP contribution >= 0.6 is 0 Å². The van der Waals surface area contributed by atoms with Crippen molar-refractivity contribution < 1.29 is 33.0 Å². The fourth-order valence-electron chi connectivity index (χ4n) is 1.51. The quantitative estimate of drug-likeness (QED) is 0.741. The first-order valence-electron chi connectivity index (χ1n) is 5.77. The van der Waals surface area contributed by atoms with Gasteiger partial charge in [0.25, 0.3) is 0 Å². The van der Waals surface area contributed by atoms with Gasteiger partial charge in [0.1, 0.15) is 0 Å². The Morgan fingerprint density at radius 2 is 1.86 bits per heavy atom. The average molecular weight is 304 g/mol. The second-order valence-corrected chi connectivity index (χ2v) is 3.81. The molecule has 2 amide bonds. The Morgan fingerprint density at radius 1 is 1.24 bits per heavy atom. The first-order chi connectivity index (χ1) is 9.90. The standard InChI is InChI=1S/C12H14F2N2O5/c1-20-10-6(13)5-7(11(21-2)9(10)14)16-12(19)15-4-3-8(17)18/h5H,3-4H2,1-2H3,(H,17,18)(H2,15,16,19). The van der Waals surface area contributed by atoms with Crippen molar-refractivity contribution in [1.82, 2.24) is 5.32 Å². The van der Waals surface area contributed by atoms with E-state index in [0.29, 0.717) is 0 Å². The summed E-state index contributed by atoms with van der Waals surface area (Å²) in [7, 11) is 2.23. The van der Waals surface area contributed by atoms with Gasteiger partial charge in [-0.05, 0) is 0 Å². The van der Waals surface area contributed by atoms with Crippen molar-refractivity contribution in [3.63, 3.8) is 0 Å². The Morgan fingerprint density at radius 3 is 2.38 bits per heavy atom. The molecule has 1 aromatic carbocycles. The average Bonchev–Trinajstić information content (AvgIpc) is 2.38. The molecule has 1 aromatic rings. The maximum Gasteiger partial charge on any atom is 0.319 e. The van der Waals surface area contributed by atoms with Crippen molar-refractivity contribution in [3.8, 4) is 11.5 Å². The van der Waals surface area contributed by atoms with E-state index in [1.54, 1.807) is 0 Å². The van der Waals surface area contributed by atoms with Gasteiger partial charge in [0.2, 0.25) is 5.82 Å². The molecule has 1 rings (SSSR count). The molecule has 21 heavy (non-hydrogen) atoms. The number of hydrogen-bond donors (Lipinski definition) is 3. The van der Waals surface area contributed by atoms with Gasteiger partial charge in [-0.15, -0.1) is 0 Å². The van der Waals surface area contributed by atoms with E-state index in [-0.39, 0.29) is 18.7 Å². The van der Waals surface area contributed by atoms with Gasteiger partial charge in [0, 0.05) is 12.6 Å². The summed E-state index contributed by atoms with van der Waals surface area (Å²) in [5.41, 5.74) is -0.249. The van der Waals surface area contributed by atoms with Gasteiger partial charge in [0.05, 0.1) is 26.3 Å². The van der Waals surface area contributed by atoms with Gasteiger partial charge in [-0.25, -0.2) is 9.18 Å². The van der Waals surface area contributed by atoms with Crippen molar-refractivity contribution in [2.75, 3.05) is 26.1 Å². The minimum absolute atomic E-state index is 0.134. The molecule has 0 heterocycles. The molecule has 0 aromatic heterocycles. The van der Waals surface area contributed by atoms with Crippen LogP contribution < -0.4 is 20.1 Å². The highest BCUT2D eigenvalue weighted by atomic mass is 19.1. The van der Waals surface area contributed by atoms with Crippen molar-refractivity contribution >= 4 is 17.7 Å². The van der Waals surface area contributed by atoms with E-state index >= 15 is 0 Å². The number of anilines is 1.